The van der Waals surface area contributed by atoms with Crippen molar-refractivity contribution in [1.29, 1.82) is 0 Å². The monoisotopic (exact) mass is 625 g/mol. The second-order valence-electron chi connectivity index (χ2n) is 11.2. The summed E-state index contributed by atoms with van der Waals surface area (Å²) in [4.78, 5) is 0.829. The van der Waals surface area contributed by atoms with Crippen molar-refractivity contribution >= 4 is 49.8 Å². The van der Waals surface area contributed by atoms with Gasteiger partial charge in [0.25, 0.3) is 0 Å². The van der Waals surface area contributed by atoms with Crippen LogP contribution < -0.4 is 4.90 Å². The lowest BCUT2D eigenvalue weighted by molar-refractivity contribution is 0.670. The molecular weight excluding hydrogens is 583 g/mol. The van der Waals surface area contributed by atoms with Crippen LogP contribution in [0.15, 0.2) is 192 Å². The lowest BCUT2D eigenvalue weighted by atomic mass is 9.98. The van der Waals surface area contributed by atoms with Crippen molar-refractivity contribution in [3.05, 3.63) is 188 Å². The Bertz CT molecular complexity index is 3160. The van der Waals surface area contributed by atoms with E-state index in [1.54, 1.807) is 72.8 Å². The van der Waals surface area contributed by atoms with Crippen molar-refractivity contribution in [2.45, 2.75) is 0 Å². The molecule has 0 saturated heterocycles. The van der Waals surface area contributed by atoms with Gasteiger partial charge in [0.2, 0.25) is 0 Å². The molecule has 2 nitrogen and oxygen atoms in total. The summed E-state index contributed by atoms with van der Waals surface area (Å²) >= 11 is 0. The smallest absolute Gasteiger partial charge is 0.143 e. The third kappa shape index (κ3) is 4.92. The largest absolute Gasteiger partial charge is 0.455 e. The van der Waals surface area contributed by atoms with Gasteiger partial charge in [0, 0.05) is 33.4 Å². The van der Waals surface area contributed by atoms with Crippen LogP contribution in [-0.4, -0.2) is 0 Å². The summed E-state index contributed by atoms with van der Waals surface area (Å²) in [7, 11) is 0. The van der Waals surface area contributed by atoms with Crippen molar-refractivity contribution in [2.24, 2.45) is 0 Å². The number of para-hydroxylation sites is 2. The van der Waals surface area contributed by atoms with Crippen LogP contribution in [0.5, 0.6) is 0 Å². The molecule has 0 N–H and O–H groups in total. The first-order valence-corrected chi connectivity index (χ1v) is 15.4. The van der Waals surface area contributed by atoms with E-state index in [2.05, 4.69) is 0 Å². The Morgan fingerprint density at radius 2 is 0.875 bits per heavy atom. The number of rotatable bonds is 6. The summed E-state index contributed by atoms with van der Waals surface area (Å²) in [6.07, 6.45) is 0. The summed E-state index contributed by atoms with van der Waals surface area (Å²) < 4.78 is 119. The molecule has 0 aliphatic carbocycles. The molecule has 0 spiro atoms. The first-order chi connectivity index (χ1) is 28.8. The number of nitrogens with zero attached hydrogens (tertiary/aromatic N) is 1. The van der Waals surface area contributed by atoms with Crippen LogP contribution in [0.1, 0.15) is 16.4 Å². The van der Waals surface area contributed by atoms with Gasteiger partial charge in [0.05, 0.1) is 16.4 Å². The Hall–Kier alpha value is -6.38. The highest BCUT2D eigenvalue weighted by atomic mass is 16.3. The predicted molar refractivity (Wildman–Crippen MR) is 202 cm³/mol. The molecule has 8 aromatic carbocycles. The average molecular weight is 626 g/mol. The highest BCUT2D eigenvalue weighted by Crippen LogP contribution is 2.40. The van der Waals surface area contributed by atoms with E-state index in [0.29, 0.717) is 33.1 Å². The number of anilines is 3. The van der Waals surface area contributed by atoms with Crippen LogP contribution in [0.25, 0.3) is 66.1 Å². The van der Waals surface area contributed by atoms with Gasteiger partial charge in [-0.05, 0) is 80.9 Å². The lowest BCUT2D eigenvalue weighted by Crippen LogP contribution is -2.09. The third-order valence-corrected chi connectivity index (χ3v) is 8.30. The highest BCUT2D eigenvalue weighted by Gasteiger charge is 2.16. The average Bonchev–Trinajstić information content (AvgIpc) is 3.64. The van der Waals surface area contributed by atoms with E-state index in [9.17, 15) is 13.7 Å². The molecule has 226 valence electrons. The maximum atomic E-state index is 9.51. The SMILES string of the molecule is [2H]c1c([2H])c(N(c2c([2H])c([2H])c(-c3cccc4ccccc34)c([2H])c2[2H])c2c([2H])c([2H])c(-c3cccc4c3oc3ccccc34)c([2H])c2[2H])c([2H])c([2H])c1-c1ccccc1. The van der Waals surface area contributed by atoms with Crippen LogP contribution in [0.3, 0.4) is 0 Å². The zero-order chi connectivity index (χ0) is 42.3. The first-order valence-electron chi connectivity index (χ1n) is 21.4. The van der Waals surface area contributed by atoms with E-state index in [1.807, 2.05) is 42.5 Å². The number of hydrogen-bond donors (Lipinski definition) is 0. The fourth-order valence-electron chi connectivity index (χ4n) is 5.99. The Balaban J connectivity index is 1.37. The summed E-state index contributed by atoms with van der Waals surface area (Å²) in [6, 6.07) is 26.2. The second-order valence-corrected chi connectivity index (χ2v) is 11.2. The third-order valence-electron chi connectivity index (χ3n) is 8.30. The van der Waals surface area contributed by atoms with Gasteiger partial charge in [-0.25, -0.2) is 0 Å². The zero-order valence-corrected chi connectivity index (χ0v) is 25.3. The van der Waals surface area contributed by atoms with Gasteiger partial charge in [0.1, 0.15) is 11.2 Å². The minimum atomic E-state index is -0.696. The number of furan rings is 1. The molecule has 9 rings (SSSR count). The minimum Gasteiger partial charge on any atom is -0.455 e. The summed E-state index contributed by atoms with van der Waals surface area (Å²) in [6.45, 7) is 0. The first kappa shape index (κ1) is 18.1. The molecule has 1 heterocycles. The van der Waals surface area contributed by atoms with Crippen LogP contribution in [-0.2, 0) is 0 Å². The molecule has 0 atom stereocenters. The summed E-state index contributed by atoms with van der Waals surface area (Å²) in [5.74, 6) is 0. The molecule has 0 aliphatic rings. The van der Waals surface area contributed by atoms with E-state index in [1.165, 1.54) is 0 Å². The number of hydrogen-bond acceptors (Lipinski definition) is 2. The molecule has 0 radical (unpaired) electrons. The summed E-state index contributed by atoms with van der Waals surface area (Å²) in [5, 5.41) is 2.92. The standard InChI is InChI=1S/C46H31NO/c1-2-10-32(11-3-1)33-20-26-37(27-21-33)47(38-28-22-35(23-29-38)41-16-8-13-34-12-4-5-14-40(34)41)39-30-24-36(25-31-39)42-17-9-18-44-43-15-6-7-19-45(43)48-46(42)44/h1-31H/i20D,21D,22D,23D,24D,25D,26D,27D,28D,29D,30D,31D. The fourth-order valence-corrected chi connectivity index (χ4v) is 5.99. The number of benzene rings is 8. The molecule has 2 heteroatoms. The van der Waals surface area contributed by atoms with Gasteiger partial charge >= 0.3 is 0 Å². The van der Waals surface area contributed by atoms with Gasteiger partial charge in [0.15, 0.2) is 0 Å². The van der Waals surface area contributed by atoms with Crippen molar-refractivity contribution in [2.75, 3.05) is 4.90 Å². The molecule has 0 bridgehead atoms. The molecule has 0 aliphatic heterocycles. The molecule has 0 amide bonds. The van der Waals surface area contributed by atoms with Crippen LogP contribution in [0, 0.1) is 0 Å². The second kappa shape index (κ2) is 11.8. The molecule has 48 heavy (non-hydrogen) atoms. The molecule has 0 fully saturated rings. The Morgan fingerprint density at radius 1 is 0.375 bits per heavy atom. The zero-order valence-electron chi connectivity index (χ0n) is 37.3. The van der Waals surface area contributed by atoms with Gasteiger partial charge in [-0.2, -0.15) is 0 Å². The van der Waals surface area contributed by atoms with E-state index in [0.717, 1.165) is 15.7 Å². The van der Waals surface area contributed by atoms with Crippen molar-refractivity contribution in [1.82, 2.24) is 0 Å². The van der Waals surface area contributed by atoms with E-state index in [-0.39, 0.29) is 22.3 Å². The van der Waals surface area contributed by atoms with Crippen molar-refractivity contribution in [3.63, 3.8) is 0 Å². The number of fused-ring (bicyclic) bond motifs is 4. The Morgan fingerprint density at radius 3 is 1.58 bits per heavy atom. The van der Waals surface area contributed by atoms with Crippen LogP contribution >= 0.6 is 0 Å². The van der Waals surface area contributed by atoms with Gasteiger partial charge in [-0.1, -0.05) is 145 Å². The predicted octanol–water partition coefficient (Wildman–Crippen LogP) is 13.2. The van der Waals surface area contributed by atoms with Gasteiger partial charge in [-0.15, -0.1) is 0 Å². The van der Waals surface area contributed by atoms with Crippen LogP contribution in [0.4, 0.5) is 17.1 Å². The van der Waals surface area contributed by atoms with Gasteiger partial charge < -0.3 is 9.32 Å². The maximum Gasteiger partial charge on any atom is 0.143 e. The molecule has 9 aromatic rings. The molecule has 0 saturated carbocycles. The maximum absolute atomic E-state index is 9.51. The topological polar surface area (TPSA) is 16.4 Å². The highest BCUT2D eigenvalue weighted by molar-refractivity contribution is 6.09. The van der Waals surface area contributed by atoms with Crippen LogP contribution in [0.2, 0.25) is 0 Å². The fraction of sp³-hybridized carbons (Fsp3) is 0. The van der Waals surface area contributed by atoms with Gasteiger partial charge in [-0.3, -0.25) is 0 Å². The van der Waals surface area contributed by atoms with E-state index < -0.39 is 89.6 Å². The Labute approximate surface area is 296 Å². The van der Waals surface area contributed by atoms with E-state index in [4.69, 9.17) is 7.16 Å². The quantitative estimate of drug-likeness (QED) is 0.183. The van der Waals surface area contributed by atoms with Crippen molar-refractivity contribution in [3.8, 4) is 33.4 Å². The minimum absolute atomic E-state index is 0.0432. The molecular formula is C46H31NO. The lowest BCUT2D eigenvalue weighted by Gasteiger charge is -2.26. The van der Waals surface area contributed by atoms with Crippen molar-refractivity contribution < 1.29 is 20.9 Å². The normalized spacial score (nSPS) is 14.8. The molecule has 0 unspecified atom stereocenters. The van der Waals surface area contributed by atoms with E-state index >= 15 is 0 Å². The summed E-state index contributed by atoms with van der Waals surface area (Å²) in [5.41, 5.74) is -0.0597. The Kier molecular flexibility index (Phi) is 4.43. The molecule has 1 aromatic heterocycles.